The van der Waals surface area contributed by atoms with Gasteiger partial charge in [-0.25, -0.2) is 5.43 Å². The molecule has 0 spiro atoms. The van der Waals surface area contributed by atoms with Crippen molar-refractivity contribution >= 4 is 34.7 Å². The molecule has 0 aliphatic carbocycles. The average Bonchev–Trinajstić information content (AvgIpc) is 2.65. The van der Waals surface area contributed by atoms with Crippen molar-refractivity contribution in [3.63, 3.8) is 0 Å². The van der Waals surface area contributed by atoms with Crippen LogP contribution in [-0.4, -0.2) is 38.1 Å². The molecule has 0 aliphatic heterocycles. The lowest BCUT2D eigenvalue weighted by molar-refractivity contribution is 0.0952. The molecule has 0 bridgehead atoms. The largest absolute Gasteiger partial charge is 0.504 e. The predicted molar refractivity (Wildman–Crippen MR) is 107 cm³/mol. The molecule has 7 nitrogen and oxygen atoms in total. The SMILES string of the molecule is CCOc1cc(/C=N/NC(=O)c2ccc(OC)cc2OC)cc(I)c1O. The zero-order valence-corrected chi connectivity index (χ0v) is 16.7. The Bertz CT molecular complexity index is 823. The minimum Gasteiger partial charge on any atom is -0.504 e. The number of carbonyl (C=O) groups excluding carboxylic acids is 1. The van der Waals surface area contributed by atoms with Crippen molar-refractivity contribution in [2.24, 2.45) is 5.10 Å². The molecule has 0 aromatic heterocycles. The van der Waals surface area contributed by atoms with Gasteiger partial charge in [-0.15, -0.1) is 0 Å². The zero-order valence-electron chi connectivity index (χ0n) is 14.6. The van der Waals surface area contributed by atoms with Crippen LogP contribution < -0.4 is 19.6 Å². The van der Waals surface area contributed by atoms with Crippen LogP contribution in [0, 0.1) is 3.57 Å². The van der Waals surface area contributed by atoms with Gasteiger partial charge in [0, 0.05) is 6.07 Å². The van der Waals surface area contributed by atoms with E-state index in [-0.39, 0.29) is 5.75 Å². The Morgan fingerprint density at radius 1 is 1.23 bits per heavy atom. The minimum absolute atomic E-state index is 0.0802. The molecule has 2 aromatic carbocycles. The maximum absolute atomic E-state index is 12.3. The number of phenols is 1. The number of hydrogen-bond acceptors (Lipinski definition) is 6. The standard InChI is InChI=1S/C18H19IN2O5/c1-4-26-16-8-11(7-14(19)17(16)22)10-20-21-18(23)13-6-5-12(24-2)9-15(13)25-3/h5-10,22H,4H2,1-3H3,(H,21,23)/b20-10+. The van der Waals surface area contributed by atoms with E-state index in [9.17, 15) is 9.90 Å². The van der Waals surface area contributed by atoms with Crippen LogP contribution in [0.4, 0.5) is 0 Å². The van der Waals surface area contributed by atoms with Gasteiger partial charge in [-0.2, -0.15) is 5.10 Å². The van der Waals surface area contributed by atoms with E-state index >= 15 is 0 Å². The molecular formula is C18H19IN2O5. The Kier molecular flexibility index (Phi) is 7.07. The van der Waals surface area contributed by atoms with Crippen LogP contribution in [0.15, 0.2) is 35.4 Å². The second-order valence-electron chi connectivity index (χ2n) is 5.05. The Morgan fingerprint density at radius 3 is 2.65 bits per heavy atom. The topological polar surface area (TPSA) is 89.4 Å². The summed E-state index contributed by atoms with van der Waals surface area (Å²) in [4.78, 5) is 12.3. The van der Waals surface area contributed by atoms with Crippen molar-refractivity contribution in [1.29, 1.82) is 0 Å². The van der Waals surface area contributed by atoms with E-state index in [4.69, 9.17) is 14.2 Å². The minimum atomic E-state index is -0.417. The first kappa shape index (κ1) is 19.8. The molecule has 2 aromatic rings. The Balaban J connectivity index is 2.14. The number of rotatable bonds is 7. The fourth-order valence-corrected chi connectivity index (χ4v) is 2.77. The first-order valence-corrected chi connectivity index (χ1v) is 8.78. The van der Waals surface area contributed by atoms with Crippen molar-refractivity contribution in [3.8, 4) is 23.0 Å². The summed E-state index contributed by atoms with van der Waals surface area (Å²) in [7, 11) is 3.01. The number of phenolic OH excluding ortho intramolecular Hbond substituents is 1. The van der Waals surface area contributed by atoms with Gasteiger partial charge < -0.3 is 19.3 Å². The summed E-state index contributed by atoms with van der Waals surface area (Å²) in [6.45, 7) is 2.26. The van der Waals surface area contributed by atoms with Gasteiger partial charge in [-0.3, -0.25) is 4.79 Å². The Hall–Kier alpha value is -2.49. The zero-order chi connectivity index (χ0) is 19.1. The third-order valence-corrected chi connectivity index (χ3v) is 4.21. The molecule has 0 saturated carbocycles. The summed E-state index contributed by atoms with van der Waals surface area (Å²) in [5.74, 6) is 0.999. The number of methoxy groups -OCH3 is 2. The highest BCUT2D eigenvalue weighted by Gasteiger charge is 2.13. The molecule has 26 heavy (non-hydrogen) atoms. The number of nitrogens with zero attached hydrogens (tertiary/aromatic N) is 1. The summed E-state index contributed by atoms with van der Waals surface area (Å²) in [6.07, 6.45) is 1.47. The molecule has 0 aliphatic rings. The van der Waals surface area contributed by atoms with Crippen LogP contribution in [0.1, 0.15) is 22.8 Å². The summed E-state index contributed by atoms with van der Waals surface area (Å²) < 4.78 is 16.3. The van der Waals surface area contributed by atoms with Crippen LogP contribution in [0.3, 0.4) is 0 Å². The molecular weight excluding hydrogens is 451 g/mol. The summed E-state index contributed by atoms with van der Waals surface area (Å²) in [6, 6.07) is 8.25. The van der Waals surface area contributed by atoms with Gasteiger partial charge in [-0.1, -0.05) is 0 Å². The van der Waals surface area contributed by atoms with E-state index in [1.807, 2.05) is 29.5 Å². The molecule has 2 rings (SSSR count). The molecule has 0 saturated heterocycles. The molecule has 0 fully saturated rings. The number of ether oxygens (including phenoxy) is 3. The van der Waals surface area contributed by atoms with E-state index in [0.717, 1.165) is 0 Å². The van der Waals surface area contributed by atoms with E-state index < -0.39 is 5.91 Å². The molecule has 2 N–H and O–H groups in total. The molecule has 8 heteroatoms. The maximum atomic E-state index is 12.3. The predicted octanol–water partition coefficient (Wildman–Crippen LogP) is 3.18. The van der Waals surface area contributed by atoms with Crippen LogP contribution >= 0.6 is 22.6 Å². The van der Waals surface area contributed by atoms with Gasteiger partial charge in [0.15, 0.2) is 11.5 Å². The average molecular weight is 470 g/mol. The lowest BCUT2D eigenvalue weighted by Crippen LogP contribution is -2.18. The fraction of sp³-hybridized carbons (Fsp3) is 0.222. The molecule has 0 atom stereocenters. The van der Waals surface area contributed by atoms with Crippen molar-refractivity contribution in [3.05, 3.63) is 45.0 Å². The van der Waals surface area contributed by atoms with Crippen molar-refractivity contribution in [1.82, 2.24) is 5.43 Å². The summed E-state index contributed by atoms with van der Waals surface area (Å²) in [5, 5.41) is 13.9. The van der Waals surface area contributed by atoms with Gasteiger partial charge in [0.25, 0.3) is 5.91 Å². The molecule has 0 radical (unpaired) electrons. The second-order valence-corrected chi connectivity index (χ2v) is 6.21. The molecule has 0 heterocycles. The highest BCUT2D eigenvalue weighted by atomic mass is 127. The number of amides is 1. The molecule has 138 valence electrons. The van der Waals surface area contributed by atoms with Gasteiger partial charge in [0.1, 0.15) is 11.5 Å². The number of halogens is 1. The highest BCUT2D eigenvalue weighted by molar-refractivity contribution is 14.1. The number of nitrogens with one attached hydrogen (secondary N) is 1. The number of hydrazone groups is 1. The van der Waals surface area contributed by atoms with Crippen molar-refractivity contribution in [2.75, 3.05) is 20.8 Å². The van der Waals surface area contributed by atoms with Crippen LogP contribution in [-0.2, 0) is 0 Å². The van der Waals surface area contributed by atoms with E-state index in [2.05, 4.69) is 10.5 Å². The van der Waals surface area contributed by atoms with Crippen LogP contribution in [0.25, 0.3) is 0 Å². The number of hydrogen-bond donors (Lipinski definition) is 2. The summed E-state index contributed by atoms with van der Waals surface area (Å²) >= 11 is 2.00. The maximum Gasteiger partial charge on any atom is 0.275 e. The molecule has 0 unspecified atom stereocenters. The van der Waals surface area contributed by atoms with Crippen molar-refractivity contribution < 1.29 is 24.1 Å². The highest BCUT2D eigenvalue weighted by Crippen LogP contribution is 2.32. The van der Waals surface area contributed by atoms with Crippen molar-refractivity contribution in [2.45, 2.75) is 6.92 Å². The summed E-state index contributed by atoms with van der Waals surface area (Å²) in [5.41, 5.74) is 3.46. The first-order valence-electron chi connectivity index (χ1n) is 7.70. The lowest BCUT2D eigenvalue weighted by Gasteiger charge is -2.09. The van der Waals surface area contributed by atoms with Crippen LogP contribution in [0.5, 0.6) is 23.0 Å². The van der Waals surface area contributed by atoms with E-state index in [1.54, 1.807) is 30.3 Å². The first-order chi connectivity index (χ1) is 12.5. The Labute approximate surface area is 165 Å². The smallest absolute Gasteiger partial charge is 0.275 e. The lowest BCUT2D eigenvalue weighted by atomic mass is 10.2. The second kappa shape index (κ2) is 9.27. The molecule has 1 amide bonds. The monoisotopic (exact) mass is 470 g/mol. The quantitative estimate of drug-likeness (QED) is 0.369. The Morgan fingerprint density at radius 2 is 2.00 bits per heavy atom. The van der Waals surface area contributed by atoms with Gasteiger partial charge in [-0.05, 0) is 59.3 Å². The normalized spacial score (nSPS) is 10.6. The third kappa shape index (κ3) is 4.78. The van der Waals surface area contributed by atoms with Gasteiger partial charge >= 0.3 is 0 Å². The van der Waals surface area contributed by atoms with E-state index in [0.29, 0.717) is 38.6 Å². The number of aromatic hydroxyl groups is 1. The van der Waals surface area contributed by atoms with Crippen LogP contribution in [0.2, 0.25) is 0 Å². The van der Waals surface area contributed by atoms with Gasteiger partial charge in [0.05, 0.1) is 36.2 Å². The third-order valence-electron chi connectivity index (χ3n) is 3.38. The van der Waals surface area contributed by atoms with Gasteiger partial charge in [0.2, 0.25) is 0 Å². The number of carbonyl (C=O) groups is 1. The van der Waals surface area contributed by atoms with E-state index in [1.165, 1.54) is 20.4 Å². The fourth-order valence-electron chi connectivity index (χ4n) is 2.15. The number of benzene rings is 2.